The first-order valence-electron chi connectivity index (χ1n) is 5.32. The minimum Gasteiger partial charge on any atom is -0.327 e. The van der Waals surface area contributed by atoms with Crippen LogP contribution in [0.15, 0.2) is 0 Å². The number of rotatable bonds is 4. The molecule has 0 aromatic heterocycles. The number of nitrogens with one attached hydrogen (secondary N) is 1. The second-order valence-electron chi connectivity index (χ2n) is 4.22. The maximum atomic E-state index is 6.13. The van der Waals surface area contributed by atoms with E-state index in [0.29, 0.717) is 12.0 Å². The molecular weight excluding hydrogens is 162 g/mol. The Kier molecular flexibility index (Phi) is 4.70. The third-order valence-corrected chi connectivity index (χ3v) is 2.99. The molecule has 1 saturated heterocycles. The van der Waals surface area contributed by atoms with Crippen molar-refractivity contribution >= 4 is 0 Å². The molecule has 3 N–H and O–H groups in total. The zero-order valence-corrected chi connectivity index (χ0v) is 8.92. The van der Waals surface area contributed by atoms with Crippen molar-refractivity contribution in [2.45, 2.75) is 25.3 Å². The molecule has 78 valence electrons. The third-order valence-electron chi connectivity index (χ3n) is 2.99. The van der Waals surface area contributed by atoms with Crippen LogP contribution < -0.4 is 11.1 Å². The van der Waals surface area contributed by atoms with Gasteiger partial charge in [0.15, 0.2) is 0 Å². The number of likely N-dealkylation sites (tertiary alicyclic amines) is 1. The van der Waals surface area contributed by atoms with Crippen molar-refractivity contribution in [1.82, 2.24) is 10.2 Å². The summed E-state index contributed by atoms with van der Waals surface area (Å²) in [4.78, 5) is 2.40. The first kappa shape index (κ1) is 11.0. The largest absolute Gasteiger partial charge is 0.327 e. The summed E-state index contributed by atoms with van der Waals surface area (Å²) in [6, 6.07) is 0.384. The lowest BCUT2D eigenvalue weighted by molar-refractivity contribution is 0.184. The van der Waals surface area contributed by atoms with E-state index in [1.54, 1.807) is 0 Å². The van der Waals surface area contributed by atoms with Crippen LogP contribution in [0.1, 0.15) is 19.3 Å². The van der Waals surface area contributed by atoms with Gasteiger partial charge in [0.1, 0.15) is 0 Å². The first-order chi connectivity index (χ1) is 6.24. The molecule has 13 heavy (non-hydrogen) atoms. The van der Waals surface area contributed by atoms with Crippen molar-refractivity contribution in [2.24, 2.45) is 11.7 Å². The van der Waals surface area contributed by atoms with E-state index in [2.05, 4.69) is 17.3 Å². The standard InChI is InChI=1S/C10H23N3/c1-12-6-5-10(11)9-4-3-7-13(2)8-9/h9-10,12H,3-8,11H2,1-2H3. The van der Waals surface area contributed by atoms with Gasteiger partial charge in [-0.15, -0.1) is 0 Å². The van der Waals surface area contributed by atoms with Crippen LogP contribution >= 0.6 is 0 Å². The van der Waals surface area contributed by atoms with Gasteiger partial charge >= 0.3 is 0 Å². The van der Waals surface area contributed by atoms with Gasteiger partial charge in [-0.3, -0.25) is 0 Å². The van der Waals surface area contributed by atoms with Gasteiger partial charge in [0, 0.05) is 12.6 Å². The molecular formula is C10H23N3. The summed E-state index contributed by atoms with van der Waals surface area (Å²) in [5.74, 6) is 0.715. The molecule has 1 rings (SSSR count). The quantitative estimate of drug-likeness (QED) is 0.660. The van der Waals surface area contributed by atoms with Crippen LogP contribution in [0.5, 0.6) is 0 Å². The summed E-state index contributed by atoms with van der Waals surface area (Å²) in [5.41, 5.74) is 6.13. The van der Waals surface area contributed by atoms with E-state index in [0.717, 1.165) is 13.0 Å². The van der Waals surface area contributed by atoms with Gasteiger partial charge in [-0.2, -0.15) is 0 Å². The van der Waals surface area contributed by atoms with E-state index in [9.17, 15) is 0 Å². The minimum absolute atomic E-state index is 0.384. The van der Waals surface area contributed by atoms with Gasteiger partial charge < -0.3 is 16.0 Å². The van der Waals surface area contributed by atoms with Crippen molar-refractivity contribution < 1.29 is 0 Å². The zero-order valence-electron chi connectivity index (χ0n) is 8.92. The number of nitrogens with zero attached hydrogens (tertiary/aromatic N) is 1. The van der Waals surface area contributed by atoms with Crippen LogP contribution in [0.3, 0.4) is 0 Å². The molecule has 0 radical (unpaired) electrons. The maximum Gasteiger partial charge on any atom is 0.00914 e. The molecule has 0 amide bonds. The van der Waals surface area contributed by atoms with Crippen LogP contribution in [-0.2, 0) is 0 Å². The number of nitrogens with two attached hydrogens (primary N) is 1. The summed E-state index contributed by atoms with van der Waals surface area (Å²) in [6.07, 6.45) is 3.73. The minimum atomic E-state index is 0.384. The molecule has 1 heterocycles. The van der Waals surface area contributed by atoms with Gasteiger partial charge in [0.2, 0.25) is 0 Å². The van der Waals surface area contributed by atoms with Crippen molar-refractivity contribution in [2.75, 3.05) is 33.7 Å². The predicted octanol–water partition coefficient (Wildman–Crippen LogP) is 0.265. The fraction of sp³-hybridized carbons (Fsp3) is 1.00. The van der Waals surface area contributed by atoms with Crippen molar-refractivity contribution in [3.8, 4) is 0 Å². The molecule has 0 aromatic rings. The first-order valence-corrected chi connectivity index (χ1v) is 5.32. The van der Waals surface area contributed by atoms with Crippen molar-refractivity contribution in [3.05, 3.63) is 0 Å². The van der Waals surface area contributed by atoms with Gasteiger partial charge in [0.05, 0.1) is 0 Å². The summed E-state index contributed by atoms with van der Waals surface area (Å²) < 4.78 is 0. The van der Waals surface area contributed by atoms with Crippen LogP contribution in [0.2, 0.25) is 0 Å². The van der Waals surface area contributed by atoms with Crippen LogP contribution in [0, 0.1) is 5.92 Å². The van der Waals surface area contributed by atoms with Crippen molar-refractivity contribution in [1.29, 1.82) is 0 Å². The Morgan fingerprint density at radius 1 is 1.62 bits per heavy atom. The van der Waals surface area contributed by atoms with Gasteiger partial charge in [-0.05, 0) is 52.4 Å². The van der Waals surface area contributed by atoms with E-state index >= 15 is 0 Å². The lowest BCUT2D eigenvalue weighted by Crippen LogP contribution is -2.42. The van der Waals surface area contributed by atoms with E-state index in [1.807, 2.05) is 7.05 Å². The van der Waals surface area contributed by atoms with Crippen molar-refractivity contribution in [3.63, 3.8) is 0 Å². The van der Waals surface area contributed by atoms with E-state index in [-0.39, 0.29) is 0 Å². The monoisotopic (exact) mass is 185 g/mol. The average molecular weight is 185 g/mol. The highest BCUT2D eigenvalue weighted by Crippen LogP contribution is 2.18. The van der Waals surface area contributed by atoms with Gasteiger partial charge in [-0.1, -0.05) is 0 Å². The fourth-order valence-corrected chi connectivity index (χ4v) is 2.10. The predicted molar refractivity (Wildman–Crippen MR) is 56.7 cm³/mol. The number of hydrogen-bond acceptors (Lipinski definition) is 3. The Labute approximate surface area is 81.7 Å². The Morgan fingerprint density at radius 2 is 2.38 bits per heavy atom. The summed E-state index contributed by atoms with van der Waals surface area (Å²) in [5, 5.41) is 3.16. The fourth-order valence-electron chi connectivity index (χ4n) is 2.10. The van der Waals surface area contributed by atoms with E-state index < -0.39 is 0 Å². The maximum absolute atomic E-state index is 6.13. The molecule has 3 nitrogen and oxygen atoms in total. The molecule has 0 aliphatic carbocycles. The molecule has 1 aliphatic rings. The molecule has 1 fully saturated rings. The number of hydrogen-bond donors (Lipinski definition) is 2. The van der Waals surface area contributed by atoms with E-state index in [4.69, 9.17) is 5.73 Å². The smallest absolute Gasteiger partial charge is 0.00914 e. The summed E-state index contributed by atoms with van der Waals surface area (Å²) in [6.45, 7) is 3.47. The summed E-state index contributed by atoms with van der Waals surface area (Å²) in [7, 11) is 4.18. The highest BCUT2D eigenvalue weighted by atomic mass is 15.1. The van der Waals surface area contributed by atoms with Gasteiger partial charge in [-0.25, -0.2) is 0 Å². The molecule has 0 saturated carbocycles. The Hall–Kier alpha value is -0.120. The topological polar surface area (TPSA) is 41.3 Å². The lowest BCUT2D eigenvalue weighted by atomic mass is 9.90. The Bertz CT molecular complexity index is 138. The Morgan fingerprint density at radius 3 is 3.00 bits per heavy atom. The SMILES string of the molecule is CNCCC(N)C1CCCN(C)C1. The molecule has 1 aliphatic heterocycles. The number of piperidine rings is 1. The Balaban J connectivity index is 2.24. The summed E-state index contributed by atoms with van der Waals surface area (Å²) >= 11 is 0. The second kappa shape index (κ2) is 5.58. The van der Waals surface area contributed by atoms with Gasteiger partial charge in [0.25, 0.3) is 0 Å². The normalized spacial score (nSPS) is 27.5. The molecule has 0 spiro atoms. The molecule has 0 aromatic carbocycles. The second-order valence-corrected chi connectivity index (χ2v) is 4.22. The molecule has 0 bridgehead atoms. The third kappa shape index (κ3) is 3.63. The molecule has 2 atom stereocenters. The average Bonchev–Trinajstić information content (AvgIpc) is 2.14. The highest BCUT2D eigenvalue weighted by molar-refractivity contribution is 4.79. The molecule has 3 heteroatoms. The highest BCUT2D eigenvalue weighted by Gasteiger charge is 2.22. The van der Waals surface area contributed by atoms with E-state index in [1.165, 1.54) is 25.9 Å². The van der Waals surface area contributed by atoms with Crippen LogP contribution in [0.25, 0.3) is 0 Å². The van der Waals surface area contributed by atoms with Crippen LogP contribution in [-0.4, -0.2) is 44.7 Å². The van der Waals surface area contributed by atoms with Crippen LogP contribution in [0.4, 0.5) is 0 Å². The zero-order chi connectivity index (χ0) is 9.68. The lowest BCUT2D eigenvalue weighted by Gasteiger charge is -2.33. The molecule has 2 unspecified atom stereocenters.